The molecule has 0 atom stereocenters. The summed E-state index contributed by atoms with van der Waals surface area (Å²) in [5, 5.41) is 5.70. The molecule has 0 saturated carbocycles. The highest BCUT2D eigenvalue weighted by molar-refractivity contribution is 5.92. The number of fused-ring (bicyclic) bond motifs is 1. The Hall–Kier alpha value is -2.10. The monoisotopic (exact) mass is 268 g/mol. The van der Waals surface area contributed by atoms with Crippen molar-refractivity contribution >= 4 is 11.0 Å². The zero-order chi connectivity index (χ0) is 14.2. The van der Waals surface area contributed by atoms with Gasteiger partial charge in [-0.05, 0) is 38.0 Å². The van der Waals surface area contributed by atoms with E-state index < -0.39 is 0 Å². The van der Waals surface area contributed by atoms with Crippen LogP contribution in [0.3, 0.4) is 0 Å². The Labute approximate surface area is 118 Å². The summed E-state index contributed by atoms with van der Waals surface area (Å²) >= 11 is 0. The van der Waals surface area contributed by atoms with E-state index in [4.69, 9.17) is 0 Å². The standard InChI is InChI=1S/C16H20N4/c1-4-7-16(2,3)20-11-12(10-19-20)13-5-8-17-15-14(13)6-9-18-15/h5-6,8-11H,4,7H2,1-3H3,(H,17,18). The Morgan fingerprint density at radius 3 is 2.95 bits per heavy atom. The van der Waals surface area contributed by atoms with E-state index in [1.165, 1.54) is 5.56 Å². The minimum absolute atomic E-state index is 0.0529. The quantitative estimate of drug-likeness (QED) is 0.778. The molecular formula is C16H20N4. The predicted molar refractivity (Wildman–Crippen MR) is 81.5 cm³/mol. The van der Waals surface area contributed by atoms with E-state index in [1.807, 2.05) is 24.7 Å². The van der Waals surface area contributed by atoms with Crippen LogP contribution in [0.2, 0.25) is 0 Å². The number of hydrogen-bond acceptors (Lipinski definition) is 2. The first-order chi connectivity index (χ1) is 9.62. The third-order valence-electron chi connectivity index (χ3n) is 3.84. The second kappa shape index (κ2) is 4.78. The molecule has 3 heterocycles. The predicted octanol–water partition coefficient (Wildman–Crippen LogP) is 3.96. The zero-order valence-corrected chi connectivity index (χ0v) is 12.2. The fourth-order valence-electron chi connectivity index (χ4n) is 2.73. The average Bonchev–Trinajstić information content (AvgIpc) is 3.07. The number of hydrogen-bond donors (Lipinski definition) is 1. The maximum atomic E-state index is 4.56. The summed E-state index contributed by atoms with van der Waals surface area (Å²) in [6.45, 7) is 6.66. The summed E-state index contributed by atoms with van der Waals surface area (Å²) in [7, 11) is 0. The van der Waals surface area contributed by atoms with E-state index >= 15 is 0 Å². The maximum absolute atomic E-state index is 4.56. The number of aromatic amines is 1. The van der Waals surface area contributed by atoms with Gasteiger partial charge >= 0.3 is 0 Å². The SMILES string of the molecule is CCCC(C)(C)n1cc(-c2ccnc3[nH]ccc23)cn1. The first-order valence-corrected chi connectivity index (χ1v) is 7.09. The summed E-state index contributed by atoms with van der Waals surface area (Å²) < 4.78 is 2.07. The van der Waals surface area contributed by atoms with E-state index in [1.54, 1.807) is 0 Å². The minimum atomic E-state index is 0.0529. The van der Waals surface area contributed by atoms with Gasteiger partial charge in [-0.15, -0.1) is 0 Å². The van der Waals surface area contributed by atoms with Crippen LogP contribution in [0.1, 0.15) is 33.6 Å². The van der Waals surface area contributed by atoms with Crippen molar-refractivity contribution in [1.29, 1.82) is 0 Å². The number of H-pyrrole nitrogens is 1. The van der Waals surface area contributed by atoms with Crippen molar-refractivity contribution in [3.63, 3.8) is 0 Å². The molecule has 0 fully saturated rings. The summed E-state index contributed by atoms with van der Waals surface area (Å²) in [5.41, 5.74) is 3.29. The van der Waals surface area contributed by atoms with E-state index in [2.05, 4.69) is 52.8 Å². The van der Waals surface area contributed by atoms with Crippen LogP contribution in [0.15, 0.2) is 36.9 Å². The van der Waals surface area contributed by atoms with Crippen molar-refractivity contribution in [2.24, 2.45) is 0 Å². The van der Waals surface area contributed by atoms with Crippen LogP contribution in [0, 0.1) is 0 Å². The lowest BCUT2D eigenvalue weighted by atomic mass is 9.99. The average molecular weight is 268 g/mol. The molecule has 0 aromatic carbocycles. The molecule has 0 saturated heterocycles. The van der Waals surface area contributed by atoms with Gasteiger partial charge in [-0.3, -0.25) is 4.68 Å². The van der Waals surface area contributed by atoms with Crippen LogP contribution in [-0.2, 0) is 5.54 Å². The van der Waals surface area contributed by atoms with Crippen LogP contribution < -0.4 is 0 Å². The largest absolute Gasteiger partial charge is 0.346 e. The molecule has 1 N–H and O–H groups in total. The molecule has 3 aromatic rings. The van der Waals surface area contributed by atoms with Crippen molar-refractivity contribution in [2.75, 3.05) is 0 Å². The van der Waals surface area contributed by atoms with Gasteiger partial charge in [-0.25, -0.2) is 4.98 Å². The molecule has 0 aliphatic carbocycles. The van der Waals surface area contributed by atoms with Crippen LogP contribution in [0.4, 0.5) is 0 Å². The Morgan fingerprint density at radius 1 is 1.30 bits per heavy atom. The van der Waals surface area contributed by atoms with Gasteiger partial charge in [0.05, 0.1) is 11.7 Å². The van der Waals surface area contributed by atoms with Crippen molar-refractivity contribution in [3.8, 4) is 11.1 Å². The molecule has 104 valence electrons. The highest BCUT2D eigenvalue weighted by Gasteiger charge is 2.20. The van der Waals surface area contributed by atoms with Gasteiger partial charge in [0.1, 0.15) is 5.65 Å². The molecule has 4 heteroatoms. The number of pyridine rings is 1. The molecule has 0 radical (unpaired) electrons. The Kier molecular flexibility index (Phi) is 3.08. The summed E-state index contributed by atoms with van der Waals surface area (Å²) in [5.74, 6) is 0. The van der Waals surface area contributed by atoms with Crippen LogP contribution in [0.5, 0.6) is 0 Å². The third kappa shape index (κ3) is 2.11. The molecule has 0 spiro atoms. The zero-order valence-electron chi connectivity index (χ0n) is 12.2. The molecule has 4 nitrogen and oxygen atoms in total. The van der Waals surface area contributed by atoms with Gasteiger partial charge < -0.3 is 4.98 Å². The fourth-order valence-corrected chi connectivity index (χ4v) is 2.73. The van der Waals surface area contributed by atoms with Gasteiger partial charge in [0.15, 0.2) is 0 Å². The van der Waals surface area contributed by atoms with Gasteiger partial charge in [-0.1, -0.05) is 13.3 Å². The maximum Gasteiger partial charge on any atom is 0.137 e. The lowest BCUT2D eigenvalue weighted by Crippen LogP contribution is -2.26. The lowest BCUT2D eigenvalue weighted by molar-refractivity contribution is 0.292. The van der Waals surface area contributed by atoms with Crippen molar-refractivity contribution in [2.45, 2.75) is 39.2 Å². The van der Waals surface area contributed by atoms with E-state index in [9.17, 15) is 0 Å². The van der Waals surface area contributed by atoms with E-state index in [0.29, 0.717) is 0 Å². The number of rotatable bonds is 4. The van der Waals surface area contributed by atoms with Gasteiger partial charge in [0, 0.05) is 29.5 Å². The molecule has 0 amide bonds. The first-order valence-electron chi connectivity index (χ1n) is 7.09. The first kappa shape index (κ1) is 12.9. The van der Waals surface area contributed by atoms with Crippen molar-refractivity contribution in [3.05, 3.63) is 36.9 Å². The number of nitrogens with zero attached hydrogens (tertiary/aromatic N) is 3. The van der Waals surface area contributed by atoms with Crippen LogP contribution >= 0.6 is 0 Å². The van der Waals surface area contributed by atoms with E-state index in [0.717, 1.165) is 29.4 Å². The molecule has 20 heavy (non-hydrogen) atoms. The van der Waals surface area contributed by atoms with Crippen molar-refractivity contribution in [1.82, 2.24) is 19.7 Å². The van der Waals surface area contributed by atoms with E-state index in [-0.39, 0.29) is 5.54 Å². The summed E-state index contributed by atoms with van der Waals surface area (Å²) in [4.78, 5) is 7.48. The van der Waals surface area contributed by atoms with Gasteiger partial charge in [-0.2, -0.15) is 5.10 Å². The Balaban J connectivity index is 2.04. The molecule has 0 unspecified atom stereocenters. The Bertz CT molecular complexity index is 721. The highest BCUT2D eigenvalue weighted by Crippen LogP contribution is 2.29. The summed E-state index contributed by atoms with van der Waals surface area (Å²) in [6.07, 6.45) is 10.1. The summed E-state index contributed by atoms with van der Waals surface area (Å²) in [6, 6.07) is 4.11. The second-order valence-corrected chi connectivity index (χ2v) is 5.83. The van der Waals surface area contributed by atoms with Gasteiger partial charge in [0.2, 0.25) is 0 Å². The molecule has 3 aromatic heterocycles. The molecular weight excluding hydrogens is 248 g/mol. The topological polar surface area (TPSA) is 46.5 Å². The normalized spacial score (nSPS) is 12.2. The molecule has 3 rings (SSSR count). The molecule has 0 bridgehead atoms. The molecule has 0 aliphatic rings. The van der Waals surface area contributed by atoms with Crippen molar-refractivity contribution < 1.29 is 0 Å². The minimum Gasteiger partial charge on any atom is -0.346 e. The Morgan fingerprint density at radius 2 is 2.15 bits per heavy atom. The van der Waals surface area contributed by atoms with Crippen LogP contribution in [-0.4, -0.2) is 19.7 Å². The molecule has 0 aliphatic heterocycles. The number of nitrogens with one attached hydrogen (secondary N) is 1. The smallest absolute Gasteiger partial charge is 0.137 e. The second-order valence-electron chi connectivity index (χ2n) is 5.83. The third-order valence-corrected chi connectivity index (χ3v) is 3.84. The van der Waals surface area contributed by atoms with Crippen LogP contribution in [0.25, 0.3) is 22.2 Å². The lowest BCUT2D eigenvalue weighted by Gasteiger charge is -2.24. The van der Waals surface area contributed by atoms with Gasteiger partial charge in [0.25, 0.3) is 0 Å². The highest BCUT2D eigenvalue weighted by atomic mass is 15.3. The number of aromatic nitrogens is 4. The fraction of sp³-hybridized carbons (Fsp3) is 0.375.